The molecule has 0 amide bonds. The van der Waals surface area contributed by atoms with Gasteiger partial charge in [-0.3, -0.25) is 9.52 Å². The fourth-order valence-corrected chi connectivity index (χ4v) is 4.30. The second-order valence-corrected chi connectivity index (χ2v) is 9.58. The van der Waals surface area contributed by atoms with Gasteiger partial charge >= 0.3 is 0 Å². The number of ether oxygens (including phenoxy) is 4. The molecule has 0 unspecified atom stereocenters. The minimum absolute atomic E-state index is 0.178. The Kier molecular flexibility index (Phi) is 9.39. The van der Waals surface area contributed by atoms with Crippen molar-refractivity contribution in [3.05, 3.63) is 89.0 Å². The predicted molar refractivity (Wildman–Crippen MR) is 149 cm³/mol. The van der Waals surface area contributed by atoms with Gasteiger partial charge in [-0.25, -0.2) is 8.42 Å². The van der Waals surface area contributed by atoms with Gasteiger partial charge in [-0.1, -0.05) is 29.8 Å². The lowest BCUT2D eigenvalue weighted by atomic mass is 10.1. The van der Waals surface area contributed by atoms with Gasteiger partial charge in [0.2, 0.25) is 0 Å². The van der Waals surface area contributed by atoms with Crippen molar-refractivity contribution in [1.82, 2.24) is 0 Å². The molecule has 9 nitrogen and oxygen atoms in total. The van der Waals surface area contributed by atoms with Gasteiger partial charge in [0.15, 0.2) is 5.78 Å². The highest BCUT2D eigenvalue weighted by molar-refractivity contribution is 7.95. The molecule has 0 spiro atoms. The number of carbonyl (C=O) groups is 1. The van der Waals surface area contributed by atoms with Crippen LogP contribution in [-0.4, -0.2) is 42.6 Å². The molecule has 0 atom stereocenters. The first kappa shape index (κ1) is 28.1. The Morgan fingerprint density at radius 1 is 0.816 bits per heavy atom. The van der Waals surface area contributed by atoms with E-state index in [-0.39, 0.29) is 11.5 Å². The zero-order chi connectivity index (χ0) is 27.7. The first-order valence-electron chi connectivity index (χ1n) is 11.4. The van der Waals surface area contributed by atoms with Crippen LogP contribution in [0.3, 0.4) is 0 Å². The van der Waals surface area contributed by atoms with Crippen molar-refractivity contribution in [2.24, 2.45) is 0 Å². The summed E-state index contributed by atoms with van der Waals surface area (Å²) in [5, 5.41) is 3.99. The number of hydrogen-bond donors (Lipinski definition) is 2. The van der Waals surface area contributed by atoms with Gasteiger partial charge in [0.1, 0.15) is 23.0 Å². The van der Waals surface area contributed by atoms with Crippen LogP contribution < -0.4 is 29.0 Å². The molecule has 0 aliphatic heterocycles. The van der Waals surface area contributed by atoms with E-state index in [0.717, 1.165) is 11.0 Å². The Hall–Kier alpha value is -4.44. The molecule has 0 bridgehead atoms. The summed E-state index contributed by atoms with van der Waals surface area (Å²) >= 11 is 0. The van der Waals surface area contributed by atoms with Crippen molar-refractivity contribution in [1.29, 1.82) is 0 Å². The van der Waals surface area contributed by atoms with Crippen LogP contribution in [0.5, 0.6) is 23.0 Å². The first-order chi connectivity index (χ1) is 18.2. The number of sulfonamides is 1. The van der Waals surface area contributed by atoms with Crippen molar-refractivity contribution >= 4 is 33.3 Å². The van der Waals surface area contributed by atoms with Gasteiger partial charge in [-0.05, 0) is 31.2 Å². The summed E-state index contributed by atoms with van der Waals surface area (Å²) < 4.78 is 49.5. The molecule has 0 saturated heterocycles. The molecule has 3 aromatic rings. The molecule has 200 valence electrons. The standard InChI is InChI=1S/C28H30N2O7S/c1-19-6-8-20(9-7-19)25(31)12-14-29-24-16-21(10-11-26(24)35-3)30-38(32,33)15-13-23-27(36-4)17-22(34-2)18-28(23)37-5/h6-18,29-30H,1-5H3/b14-12+,15-13+. The minimum Gasteiger partial charge on any atom is -0.496 e. The molecule has 10 heteroatoms. The first-order valence-corrected chi connectivity index (χ1v) is 13.0. The van der Waals surface area contributed by atoms with Crippen LogP contribution >= 0.6 is 0 Å². The van der Waals surface area contributed by atoms with Crippen LogP contribution in [0.1, 0.15) is 21.5 Å². The molecular weight excluding hydrogens is 508 g/mol. The molecular formula is C28H30N2O7S. The number of aryl methyl sites for hydroxylation is 1. The molecule has 0 aliphatic carbocycles. The monoisotopic (exact) mass is 538 g/mol. The van der Waals surface area contributed by atoms with Gasteiger partial charge in [0.25, 0.3) is 10.0 Å². The number of benzene rings is 3. The third-order valence-electron chi connectivity index (χ3n) is 5.44. The van der Waals surface area contributed by atoms with Crippen LogP contribution in [-0.2, 0) is 10.0 Å². The number of hydrogen-bond acceptors (Lipinski definition) is 8. The third-order valence-corrected chi connectivity index (χ3v) is 6.45. The Morgan fingerprint density at radius 3 is 2.03 bits per heavy atom. The van der Waals surface area contributed by atoms with Crippen LogP contribution in [0.2, 0.25) is 0 Å². The SMILES string of the molecule is COc1cc(OC)c(/C=C/S(=O)(=O)Nc2ccc(OC)c(N/C=C/C(=O)c3ccc(C)cc3)c2)c(OC)c1. The van der Waals surface area contributed by atoms with E-state index >= 15 is 0 Å². The number of ketones is 1. The summed E-state index contributed by atoms with van der Waals surface area (Å²) in [6, 6.07) is 15.2. The summed E-state index contributed by atoms with van der Waals surface area (Å²) in [6.45, 7) is 1.95. The van der Waals surface area contributed by atoms with Crippen molar-refractivity contribution in [3.63, 3.8) is 0 Å². The number of rotatable bonds is 12. The highest BCUT2D eigenvalue weighted by Gasteiger charge is 2.14. The lowest BCUT2D eigenvalue weighted by Crippen LogP contribution is -2.09. The van der Waals surface area contributed by atoms with Crippen LogP contribution in [0.4, 0.5) is 11.4 Å². The van der Waals surface area contributed by atoms with Gasteiger partial charge < -0.3 is 24.3 Å². The van der Waals surface area contributed by atoms with Crippen molar-refractivity contribution in [2.45, 2.75) is 6.92 Å². The lowest BCUT2D eigenvalue weighted by Gasteiger charge is -2.13. The summed E-state index contributed by atoms with van der Waals surface area (Å²) in [6.07, 6.45) is 4.24. The lowest BCUT2D eigenvalue weighted by molar-refractivity contribution is 0.104. The van der Waals surface area contributed by atoms with Gasteiger partial charge in [0, 0.05) is 30.0 Å². The summed E-state index contributed by atoms with van der Waals surface area (Å²) in [5.41, 5.74) is 2.79. The van der Waals surface area contributed by atoms with E-state index in [2.05, 4.69) is 10.0 Å². The molecule has 0 fully saturated rings. The Morgan fingerprint density at radius 2 is 1.45 bits per heavy atom. The molecule has 38 heavy (non-hydrogen) atoms. The highest BCUT2D eigenvalue weighted by atomic mass is 32.2. The maximum atomic E-state index is 12.8. The van der Waals surface area contributed by atoms with E-state index in [1.807, 2.05) is 19.1 Å². The Labute approximate surface area is 222 Å². The molecule has 0 radical (unpaired) electrons. The highest BCUT2D eigenvalue weighted by Crippen LogP contribution is 2.35. The average molecular weight is 539 g/mol. The van der Waals surface area contributed by atoms with E-state index in [4.69, 9.17) is 18.9 Å². The van der Waals surface area contributed by atoms with E-state index in [1.165, 1.54) is 46.8 Å². The smallest absolute Gasteiger partial charge is 0.255 e. The fraction of sp³-hybridized carbons (Fsp3) is 0.179. The quantitative estimate of drug-likeness (QED) is 0.238. The summed E-state index contributed by atoms with van der Waals surface area (Å²) in [7, 11) is 2.01. The normalized spacial score (nSPS) is 11.4. The predicted octanol–water partition coefficient (Wildman–Crippen LogP) is 5.25. The number of anilines is 2. The van der Waals surface area contributed by atoms with E-state index in [9.17, 15) is 13.2 Å². The third kappa shape index (κ3) is 7.30. The van der Waals surface area contributed by atoms with E-state index in [0.29, 0.717) is 39.8 Å². The van der Waals surface area contributed by atoms with Crippen molar-refractivity contribution in [2.75, 3.05) is 38.5 Å². The second-order valence-electron chi connectivity index (χ2n) is 8.02. The molecule has 0 aliphatic rings. The molecule has 0 heterocycles. The summed E-state index contributed by atoms with van der Waals surface area (Å²) in [4.78, 5) is 12.4. The summed E-state index contributed by atoms with van der Waals surface area (Å²) in [5.74, 6) is 1.56. The Bertz CT molecular complexity index is 1420. The largest absolute Gasteiger partial charge is 0.496 e. The van der Waals surface area contributed by atoms with Crippen LogP contribution in [0.25, 0.3) is 6.08 Å². The van der Waals surface area contributed by atoms with Crippen LogP contribution in [0, 0.1) is 6.92 Å². The van der Waals surface area contributed by atoms with Gasteiger partial charge in [-0.2, -0.15) is 0 Å². The molecule has 3 aromatic carbocycles. The molecule has 0 aromatic heterocycles. The number of methoxy groups -OCH3 is 4. The van der Waals surface area contributed by atoms with Crippen molar-refractivity contribution in [3.8, 4) is 23.0 Å². The fourth-order valence-electron chi connectivity index (χ4n) is 3.46. The van der Waals surface area contributed by atoms with Crippen molar-refractivity contribution < 1.29 is 32.2 Å². The zero-order valence-electron chi connectivity index (χ0n) is 21.8. The topological polar surface area (TPSA) is 112 Å². The average Bonchev–Trinajstić information content (AvgIpc) is 2.91. The maximum absolute atomic E-state index is 12.8. The van der Waals surface area contributed by atoms with Gasteiger partial charge in [0.05, 0.1) is 50.8 Å². The van der Waals surface area contributed by atoms with Gasteiger partial charge in [-0.15, -0.1) is 0 Å². The molecule has 3 rings (SSSR count). The number of nitrogens with one attached hydrogen (secondary N) is 2. The second kappa shape index (κ2) is 12.7. The maximum Gasteiger partial charge on any atom is 0.255 e. The minimum atomic E-state index is -3.92. The van der Waals surface area contributed by atoms with E-state index < -0.39 is 10.0 Å². The molecule has 0 saturated carbocycles. The zero-order valence-corrected chi connectivity index (χ0v) is 22.6. The Balaban J connectivity index is 1.78. The number of carbonyl (C=O) groups excluding carboxylic acids is 1. The van der Waals surface area contributed by atoms with Crippen LogP contribution in [0.15, 0.2) is 72.3 Å². The molecule has 2 N–H and O–H groups in total. The van der Waals surface area contributed by atoms with E-state index in [1.54, 1.807) is 42.5 Å². The number of allylic oxidation sites excluding steroid dienone is 1.